The number of hydrogen-bond acceptors (Lipinski definition) is 4. The molecule has 1 aromatic carbocycles. The highest BCUT2D eigenvalue weighted by Gasteiger charge is 2.59. The predicted octanol–water partition coefficient (Wildman–Crippen LogP) is 4.38. The summed E-state index contributed by atoms with van der Waals surface area (Å²) >= 11 is 5.98. The van der Waals surface area contributed by atoms with Crippen molar-refractivity contribution in [3.63, 3.8) is 0 Å². The van der Waals surface area contributed by atoms with E-state index in [2.05, 4.69) is 4.90 Å². The SMILES string of the molecule is N[C@H](Cc1ccc(Cl)cc1)C(=O)N1CCC(CN2C(=O)OCC23CC3)(C2CCCCC2)CC1. The summed E-state index contributed by atoms with van der Waals surface area (Å²) < 4.78 is 5.47. The number of piperidine rings is 1. The number of halogens is 1. The fraction of sp³-hybridized carbons (Fsp3) is 0.692. The molecule has 0 radical (unpaired) electrons. The molecule has 7 heteroatoms. The maximum Gasteiger partial charge on any atom is 0.410 e. The van der Waals surface area contributed by atoms with Gasteiger partial charge in [0.2, 0.25) is 5.91 Å². The molecule has 5 rings (SSSR count). The van der Waals surface area contributed by atoms with Crippen LogP contribution in [0.2, 0.25) is 5.02 Å². The second-order valence-electron chi connectivity index (χ2n) is 10.8. The molecule has 2 N–H and O–H groups in total. The molecule has 180 valence electrons. The molecule has 1 spiro atoms. The van der Waals surface area contributed by atoms with Gasteiger partial charge in [-0.15, -0.1) is 0 Å². The first-order chi connectivity index (χ1) is 15.9. The van der Waals surface area contributed by atoms with Gasteiger partial charge in [0.1, 0.15) is 6.61 Å². The van der Waals surface area contributed by atoms with Crippen LogP contribution in [0.5, 0.6) is 0 Å². The Hall–Kier alpha value is -1.79. The van der Waals surface area contributed by atoms with Crippen molar-refractivity contribution < 1.29 is 14.3 Å². The number of nitrogens with two attached hydrogens (primary N) is 1. The van der Waals surface area contributed by atoms with E-state index in [1.807, 2.05) is 29.2 Å². The summed E-state index contributed by atoms with van der Waals surface area (Å²) in [5.41, 5.74) is 7.40. The van der Waals surface area contributed by atoms with Crippen molar-refractivity contribution in [1.82, 2.24) is 9.80 Å². The molecule has 2 saturated carbocycles. The summed E-state index contributed by atoms with van der Waals surface area (Å²) in [6, 6.07) is 7.00. The summed E-state index contributed by atoms with van der Waals surface area (Å²) in [4.78, 5) is 29.8. The Labute approximate surface area is 201 Å². The Morgan fingerprint density at radius 1 is 1.09 bits per heavy atom. The van der Waals surface area contributed by atoms with E-state index in [4.69, 9.17) is 22.1 Å². The number of likely N-dealkylation sites (tertiary alicyclic amines) is 1. The zero-order valence-electron chi connectivity index (χ0n) is 19.4. The quantitative estimate of drug-likeness (QED) is 0.665. The van der Waals surface area contributed by atoms with Gasteiger partial charge in [0.15, 0.2) is 0 Å². The van der Waals surface area contributed by atoms with Crippen molar-refractivity contribution in [2.24, 2.45) is 17.1 Å². The normalized spacial score (nSPS) is 25.2. The molecule has 2 aliphatic heterocycles. The van der Waals surface area contributed by atoms with Crippen molar-refractivity contribution in [2.75, 3.05) is 26.2 Å². The maximum atomic E-state index is 13.2. The zero-order chi connectivity index (χ0) is 23.1. The average molecular weight is 474 g/mol. The van der Waals surface area contributed by atoms with Gasteiger partial charge >= 0.3 is 6.09 Å². The number of ether oxygens (including phenoxy) is 1. The lowest BCUT2D eigenvalue weighted by atomic mass is 9.63. The van der Waals surface area contributed by atoms with Crippen LogP contribution in [0.3, 0.4) is 0 Å². The second-order valence-corrected chi connectivity index (χ2v) is 11.3. The summed E-state index contributed by atoms with van der Waals surface area (Å²) in [6.45, 7) is 2.78. The summed E-state index contributed by atoms with van der Waals surface area (Å²) in [5, 5.41) is 0.684. The van der Waals surface area contributed by atoms with E-state index in [0.29, 0.717) is 24.0 Å². The Kier molecular flexibility index (Phi) is 6.34. The molecule has 4 aliphatic rings. The molecule has 2 amide bonds. The van der Waals surface area contributed by atoms with Crippen LogP contribution in [0, 0.1) is 11.3 Å². The van der Waals surface area contributed by atoms with E-state index in [0.717, 1.165) is 50.9 Å². The fourth-order valence-corrected chi connectivity index (χ4v) is 6.56. The van der Waals surface area contributed by atoms with Crippen LogP contribution in [-0.4, -0.2) is 59.6 Å². The first-order valence-corrected chi connectivity index (χ1v) is 13.0. The van der Waals surface area contributed by atoms with E-state index in [1.165, 1.54) is 32.1 Å². The van der Waals surface area contributed by atoms with Gasteiger partial charge in [-0.3, -0.25) is 9.69 Å². The molecule has 0 unspecified atom stereocenters. The minimum atomic E-state index is -0.545. The number of amides is 2. The Balaban J connectivity index is 1.26. The molecule has 1 atom stereocenters. The lowest BCUT2D eigenvalue weighted by Gasteiger charge is -2.50. The molecule has 0 bridgehead atoms. The fourth-order valence-electron chi connectivity index (χ4n) is 6.43. The number of benzene rings is 1. The van der Waals surface area contributed by atoms with Gasteiger partial charge in [0.05, 0.1) is 11.6 Å². The largest absolute Gasteiger partial charge is 0.447 e. The van der Waals surface area contributed by atoms with Crippen molar-refractivity contribution in [2.45, 2.75) is 75.8 Å². The minimum Gasteiger partial charge on any atom is -0.447 e. The van der Waals surface area contributed by atoms with E-state index in [1.54, 1.807) is 0 Å². The number of cyclic esters (lactones) is 1. The van der Waals surface area contributed by atoms with Crippen LogP contribution >= 0.6 is 11.6 Å². The average Bonchev–Trinajstić information content (AvgIpc) is 3.57. The van der Waals surface area contributed by atoms with E-state index in [-0.39, 0.29) is 23.0 Å². The van der Waals surface area contributed by atoms with E-state index >= 15 is 0 Å². The first-order valence-electron chi connectivity index (χ1n) is 12.6. The molecule has 2 saturated heterocycles. The third-order valence-electron chi connectivity index (χ3n) is 8.79. The lowest BCUT2D eigenvalue weighted by molar-refractivity contribution is -0.136. The molecule has 6 nitrogen and oxygen atoms in total. The molecule has 4 fully saturated rings. The molecule has 1 aromatic rings. The third kappa shape index (κ3) is 4.61. The molecular weight excluding hydrogens is 438 g/mol. The maximum absolute atomic E-state index is 13.2. The molecule has 33 heavy (non-hydrogen) atoms. The van der Waals surface area contributed by atoms with Crippen molar-refractivity contribution in [3.8, 4) is 0 Å². The minimum absolute atomic E-state index is 0.0291. The van der Waals surface area contributed by atoms with Gasteiger partial charge in [-0.1, -0.05) is 43.0 Å². The summed E-state index contributed by atoms with van der Waals surface area (Å²) in [7, 11) is 0. The second kappa shape index (κ2) is 9.10. The first kappa shape index (κ1) is 23.0. The van der Waals surface area contributed by atoms with Crippen molar-refractivity contribution in [1.29, 1.82) is 0 Å². The van der Waals surface area contributed by atoms with Crippen molar-refractivity contribution in [3.05, 3.63) is 34.9 Å². The van der Waals surface area contributed by atoms with Crippen LogP contribution in [0.15, 0.2) is 24.3 Å². The topological polar surface area (TPSA) is 75.9 Å². The molecular formula is C26H36ClN3O3. The number of hydrogen-bond donors (Lipinski definition) is 1. The monoisotopic (exact) mass is 473 g/mol. The van der Waals surface area contributed by atoms with Gasteiger partial charge in [0.25, 0.3) is 0 Å². The number of carbonyl (C=O) groups excluding carboxylic acids is 2. The van der Waals surface area contributed by atoms with Gasteiger partial charge in [-0.25, -0.2) is 4.79 Å². The van der Waals surface area contributed by atoms with Gasteiger partial charge < -0.3 is 15.4 Å². The standard InChI is InChI=1S/C26H36ClN3O3/c27-21-8-6-19(7-9-21)16-22(28)23(31)29-14-12-25(13-15-29,20-4-2-1-3-5-20)17-30-24(32)33-18-26(30)10-11-26/h6-9,20,22H,1-5,10-18,28H2/t22-/m1/s1. The Morgan fingerprint density at radius 2 is 1.76 bits per heavy atom. The van der Waals surface area contributed by atoms with Crippen LogP contribution in [-0.2, 0) is 16.0 Å². The van der Waals surface area contributed by atoms with Crippen LogP contribution in [0.1, 0.15) is 63.4 Å². The van der Waals surface area contributed by atoms with Gasteiger partial charge in [-0.05, 0) is 74.0 Å². The van der Waals surface area contributed by atoms with Crippen LogP contribution in [0.25, 0.3) is 0 Å². The van der Waals surface area contributed by atoms with E-state index < -0.39 is 6.04 Å². The Morgan fingerprint density at radius 3 is 2.39 bits per heavy atom. The molecule has 2 aliphatic carbocycles. The van der Waals surface area contributed by atoms with Crippen LogP contribution < -0.4 is 5.73 Å². The molecule has 0 aromatic heterocycles. The third-order valence-corrected chi connectivity index (χ3v) is 9.04. The van der Waals surface area contributed by atoms with Gasteiger partial charge in [0, 0.05) is 24.7 Å². The molecule has 2 heterocycles. The highest BCUT2D eigenvalue weighted by molar-refractivity contribution is 6.30. The summed E-state index contributed by atoms with van der Waals surface area (Å²) in [6.07, 6.45) is 10.7. The van der Waals surface area contributed by atoms with E-state index in [9.17, 15) is 9.59 Å². The Bertz CT molecular complexity index is 871. The van der Waals surface area contributed by atoms with Crippen LogP contribution in [0.4, 0.5) is 4.79 Å². The number of rotatable bonds is 6. The van der Waals surface area contributed by atoms with Crippen molar-refractivity contribution >= 4 is 23.6 Å². The number of nitrogens with zero attached hydrogens (tertiary/aromatic N) is 2. The summed E-state index contributed by atoms with van der Waals surface area (Å²) in [5.74, 6) is 0.650. The highest BCUT2D eigenvalue weighted by Crippen LogP contribution is 2.52. The van der Waals surface area contributed by atoms with Gasteiger partial charge in [-0.2, -0.15) is 0 Å². The predicted molar refractivity (Wildman–Crippen MR) is 128 cm³/mol. The lowest BCUT2D eigenvalue weighted by Crippen LogP contribution is -2.55. The number of carbonyl (C=O) groups is 2. The zero-order valence-corrected chi connectivity index (χ0v) is 20.2. The highest BCUT2D eigenvalue weighted by atomic mass is 35.5. The smallest absolute Gasteiger partial charge is 0.410 e.